The van der Waals surface area contributed by atoms with E-state index in [1.165, 1.54) is 0 Å². The van der Waals surface area contributed by atoms with Gasteiger partial charge in [-0.2, -0.15) is 0 Å². The Kier molecular flexibility index (Phi) is 4.84. The van der Waals surface area contributed by atoms with E-state index in [1.807, 2.05) is 30.3 Å². The lowest BCUT2D eigenvalue weighted by molar-refractivity contribution is 0.0527. The van der Waals surface area contributed by atoms with Crippen LogP contribution >= 0.6 is 0 Å². The first-order valence-corrected chi connectivity index (χ1v) is 7.97. The van der Waals surface area contributed by atoms with Crippen molar-refractivity contribution < 1.29 is 19.0 Å². The van der Waals surface area contributed by atoms with Gasteiger partial charge in [-0.15, -0.1) is 0 Å². The molecule has 3 aromatic rings. The number of methoxy groups -OCH3 is 2. The number of fused-ring (bicyclic) bond motifs is 1. The third-order valence-electron chi connectivity index (χ3n) is 3.86. The predicted molar refractivity (Wildman–Crippen MR) is 96.2 cm³/mol. The molecule has 25 heavy (non-hydrogen) atoms. The number of hydrogen-bond acceptors (Lipinski definition) is 5. The average molecular weight is 337 g/mol. The molecule has 0 aliphatic carbocycles. The molecule has 0 aliphatic rings. The molecule has 1 aromatic heterocycles. The van der Waals surface area contributed by atoms with Crippen LogP contribution in [0.2, 0.25) is 0 Å². The Hall–Kier alpha value is -3.08. The molecule has 0 fully saturated rings. The number of nitrogens with zero attached hydrogens (tertiary/aromatic N) is 1. The van der Waals surface area contributed by atoms with Gasteiger partial charge in [0, 0.05) is 17.0 Å². The van der Waals surface area contributed by atoms with Crippen LogP contribution < -0.4 is 9.47 Å². The first-order chi connectivity index (χ1) is 12.2. The summed E-state index contributed by atoms with van der Waals surface area (Å²) in [4.78, 5) is 17.1. The third kappa shape index (κ3) is 3.26. The van der Waals surface area contributed by atoms with Gasteiger partial charge < -0.3 is 14.2 Å². The largest absolute Gasteiger partial charge is 0.493 e. The monoisotopic (exact) mass is 337 g/mol. The quantitative estimate of drug-likeness (QED) is 0.656. The minimum absolute atomic E-state index is 0.303. The van der Waals surface area contributed by atoms with E-state index in [9.17, 15) is 4.79 Å². The number of ether oxygens (including phenoxy) is 3. The average Bonchev–Trinajstić information content (AvgIpc) is 2.66. The van der Waals surface area contributed by atoms with Crippen LogP contribution in [0.15, 0.2) is 48.5 Å². The maximum atomic E-state index is 12.4. The smallest absolute Gasteiger partial charge is 0.340 e. The lowest BCUT2D eigenvalue weighted by Gasteiger charge is -2.13. The van der Waals surface area contributed by atoms with Crippen molar-refractivity contribution in [2.24, 2.45) is 0 Å². The molecule has 0 N–H and O–H groups in total. The van der Waals surface area contributed by atoms with E-state index in [-0.39, 0.29) is 0 Å². The van der Waals surface area contributed by atoms with Gasteiger partial charge in [-0.05, 0) is 19.1 Å². The lowest BCUT2D eigenvalue weighted by Crippen LogP contribution is -2.08. The van der Waals surface area contributed by atoms with Gasteiger partial charge in [0.15, 0.2) is 11.5 Å². The summed E-state index contributed by atoms with van der Waals surface area (Å²) in [6.45, 7) is 2.08. The van der Waals surface area contributed by atoms with Gasteiger partial charge in [-0.25, -0.2) is 9.78 Å². The van der Waals surface area contributed by atoms with Gasteiger partial charge in [0.25, 0.3) is 0 Å². The molecule has 0 saturated heterocycles. The molecule has 0 amide bonds. The molecule has 5 heteroatoms. The summed E-state index contributed by atoms with van der Waals surface area (Å²) in [5, 5.41) is 0.778. The minimum atomic E-state index is -0.398. The molecule has 0 saturated carbocycles. The number of carbonyl (C=O) groups is 1. The van der Waals surface area contributed by atoms with Crippen LogP contribution in [0, 0.1) is 0 Å². The highest BCUT2D eigenvalue weighted by atomic mass is 16.5. The van der Waals surface area contributed by atoms with E-state index in [1.54, 1.807) is 39.3 Å². The van der Waals surface area contributed by atoms with E-state index in [2.05, 4.69) is 0 Å². The maximum Gasteiger partial charge on any atom is 0.340 e. The molecule has 0 aliphatic heterocycles. The van der Waals surface area contributed by atoms with Crippen molar-refractivity contribution in [3.63, 3.8) is 0 Å². The van der Waals surface area contributed by atoms with Gasteiger partial charge in [0.1, 0.15) is 0 Å². The number of pyridine rings is 1. The summed E-state index contributed by atoms with van der Waals surface area (Å²) in [6, 6.07) is 15.0. The summed E-state index contributed by atoms with van der Waals surface area (Å²) in [6.07, 6.45) is 0. The van der Waals surface area contributed by atoms with E-state index in [4.69, 9.17) is 19.2 Å². The number of rotatable bonds is 5. The number of aromatic nitrogens is 1. The lowest BCUT2D eigenvalue weighted by atomic mass is 10.0. The van der Waals surface area contributed by atoms with Crippen molar-refractivity contribution in [3.8, 4) is 22.8 Å². The zero-order chi connectivity index (χ0) is 17.8. The molecular weight excluding hydrogens is 318 g/mol. The van der Waals surface area contributed by atoms with Crippen LogP contribution in [0.25, 0.3) is 22.2 Å². The summed E-state index contributed by atoms with van der Waals surface area (Å²) in [7, 11) is 3.15. The van der Waals surface area contributed by atoms with Crippen LogP contribution in [0.4, 0.5) is 0 Å². The number of hydrogen-bond donors (Lipinski definition) is 0. The summed E-state index contributed by atoms with van der Waals surface area (Å²) in [5.41, 5.74) is 2.57. The molecule has 1 heterocycles. The SMILES string of the molecule is CCOC(=O)c1cc2cc(OC)c(OC)cc2nc1-c1ccccc1. The van der Waals surface area contributed by atoms with Gasteiger partial charge in [-0.3, -0.25) is 0 Å². The topological polar surface area (TPSA) is 57.7 Å². The summed E-state index contributed by atoms with van der Waals surface area (Å²) < 4.78 is 15.9. The predicted octanol–water partition coefficient (Wildman–Crippen LogP) is 4.10. The summed E-state index contributed by atoms with van der Waals surface area (Å²) >= 11 is 0. The van der Waals surface area contributed by atoms with Crippen molar-refractivity contribution in [2.45, 2.75) is 6.92 Å². The Labute approximate surface area is 146 Å². The molecule has 0 radical (unpaired) electrons. The highest BCUT2D eigenvalue weighted by Gasteiger charge is 2.18. The van der Waals surface area contributed by atoms with Crippen molar-refractivity contribution in [2.75, 3.05) is 20.8 Å². The number of carbonyl (C=O) groups excluding carboxylic acids is 1. The van der Waals surface area contributed by atoms with Gasteiger partial charge in [0.05, 0.1) is 37.6 Å². The standard InChI is InChI=1S/C20H19NO4/c1-4-25-20(22)15-10-14-11-17(23-2)18(24-3)12-16(14)21-19(15)13-8-6-5-7-9-13/h5-12H,4H2,1-3H3. The number of esters is 1. The van der Waals surface area contributed by atoms with Crippen LogP contribution in [-0.2, 0) is 4.74 Å². The molecule has 0 unspecified atom stereocenters. The molecule has 5 nitrogen and oxygen atoms in total. The first kappa shape index (κ1) is 16.8. The van der Waals surface area contributed by atoms with Crippen molar-refractivity contribution in [1.82, 2.24) is 4.98 Å². The minimum Gasteiger partial charge on any atom is -0.493 e. The van der Waals surface area contributed by atoms with Gasteiger partial charge in [-0.1, -0.05) is 30.3 Å². The molecule has 128 valence electrons. The zero-order valence-electron chi connectivity index (χ0n) is 14.4. The van der Waals surface area contributed by atoms with Crippen LogP contribution in [-0.4, -0.2) is 31.8 Å². The normalized spacial score (nSPS) is 10.5. The maximum absolute atomic E-state index is 12.4. The van der Waals surface area contributed by atoms with E-state index < -0.39 is 5.97 Å². The van der Waals surface area contributed by atoms with Gasteiger partial charge in [0.2, 0.25) is 0 Å². The molecular formula is C20H19NO4. The second kappa shape index (κ2) is 7.21. The van der Waals surface area contributed by atoms with Crippen LogP contribution in [0.3, 0.4) is 0 Å². The third-order valence-corrected chi connectivity index (χ3v) is 3.86. The van der Waals surface area contributed by atoms with E-state index in [0.717, 1.165) is 10.9 Å². The highest BCUT2D eigenvalue weighted by Crippen LogP contribution is 2.34. The first-order valence-electron chi connectivity index (χ1n) is 7.97. The van der Waals surface area contributed by atoms with Crippen LogP contribution in [0.1, 0.15) is 17.3 Å². The van der Waals surface area contributed by atoms with E-state index in [0.29, 0.717) is 34.9 Å². The molecule has 0 bridgehead atoms. The van der Waals surface area contributed by atoms with Crippen molar-refractivity contribution in [3.05, 3.63) is 54.1 Å². The second-order valence-corrected chi connectivity index (χ2v) is 5.37. The van der Waals surface area contributed by atoms with Crippen LogP contribution in [0.5, 0.6) is 11.5 Å². The molecule has 2 aromatic carbocycles. The fourth-order valence-electron chi connectivity index (χ4n) is 2.68. The molecule has 0 atom stereocenters. The Morgan fingerprint density at radius 3 is 2.32 bits per heavy atom. The Balaban J connectivity index is 2.27. The fraction of sp³-hybridized carbons (Fsp3) is 0.200. The zero-order valence-corrected chi connectivity index (χ0v) is 14.4. The fourth-order valence-corrected chi connectivity index (χ4v) is 2.68. The molecule has 0 spiro atoms. The highest BCUT2D eigenvalue weighted by molar-refractivity contribution is 6.01. The van der Waals surface area contributed by atoms with Crippen molar-refractivity contribution in [1.29, 1.82) is 0 Å². The Morgan fingerprint density at radius 1 is 1.00 bits per heavy atom. The Morgan fingerprint density at radius 2 is 1.68 bits per heavy atom. The summed E-state index contributed by atoms with van der Waals surface area (Å²) in [5.74, 6) is 0.773. The number of benzene rings is 2. The van der Waals surface area contributed by atoms with E-state index >= 15 is 0 Å². The van der Waals surface area contributed by atoms with Crippen molar-refractivity contribution >= 4 is 16.9 Å². The Bertz CT molecular complexity index is 906. The van der Waals surface area contributed by atoms with Gasteiger partial charge >= 0.3 is 5.97 Å². The second-order valence-electron chi connectivity index (χ2n) is 5.37. The molecule has 3 rings (SSSR count).